The van der Waals surface area contributed by atoms with E-state index in [-0.39, 0.29) is 12.6 Å². The molecular weight excluding hydrogens is 260 g/mol. The summed E-state index contributed by atoms with van der Waals surface area (Å²) in [5.41, 5.74) is -1.27. The summed E-state index contributed by atoms with van der Waals surface area (Å²) in [7, 11) is 0. The maximum Gasteiger partial charge on any atom is 0.332 e. The van der Waals surface area contributed by atoms with Crippen LogP contribution >= 0.6 is 0 Å². The zero-order valence-corrected chi connectivity index (χ0v) is 12.1. The van der Waals surface area contributed by atoms with E-state index in [4.69, 9.17) is 4.74 Å². The van der Waals surface area contributed by atoms with Crippen molar-refractivity contribution in [2.45, 2.75) is 51.1 Å². The van der Waals surface area contributed by atoms with Crippen molar-refractivity contribution in [2.24, 2.45) is 11.8 Å². The zero-order chi connectivity index (χ0) is 14.8. The van der Waals surface area contributed by atoms with Gasteiger partial charge in [-0.15, -0.1) is 0 Å². The van der Waals surface area contributed by atoms with E-state index < -0.39 is 17.5 Å². The summed E-state index contributed by atoms with van der Waals surface area (Å²) >= 11 is 0. The first-order valence-corrected chi connectivity index (χ1v) is 7.38. The molecule has 0 bridgehead atoms. The molecule has 0 aromatic heterocycles. The molecule has 2 amide bonds. The Kier molecular flexibility index (Phi) is 4.52. The second-order valence-electron chi connectivity index (χ2n) is 6.00. The minimum Gasteiger partial charge on any atom is -0.479 e. The minimum absolute atomic E-state index is 0.0353. The lowest BCUT2D eigenvalue weighted by Crippen LogP contribution is -2.59. The third-order valence-electron chi connectivity index (χ3n) is 4.85. The van der Waals surface area contributed by atoms with Gasteiger partial charge in [0, 0.05) is 19.1 Å². The number of hydrogen-bond acceptors (Lipinski definition) is 3. The van der Waals surface area contributed by atoms with Crippen molar-refractivity contribution in [1.82, 2.24) is 10.6 Å². The first-order chi connectivity index (χ1) is 9.48. The van der Waals surface area contributed by atoms with Crippen LogP contribution in [0.2, 0.25) is 0 Å². The van der Waals surface area contributed by atoms with Gasteiger partial charge in [-0.1, -0.05) is 20.3 Å². The molecule has 1 aliphatic carbocycles. The highest BCUT2D eigenvalue weighted by atomic mass is 16.5. The number of carbonyl (C=O) groups excluding carboxylic acids is 1. The molecule has 0 aromatic rings. The Morgan fingerprint density at radius 1 is 1.40 bits per heavy atom. The molecule has 6 heteroatoms. The van der Waals surface area contributed by atoms with Gasteiger partial charge >= 0.3 is 12.0 Å². The number of rotatable bonds is 4. The lowest BCUT2D eigenvalue weighted by Gasteiger charge is -2.26. The largest absolute Gasteiger partial charge is 0.479 e. The topological polar surface area (TPSA) is 87.7 Å². The first kappa shape index (κ1) is 15.1. The summed E-state index contributed by atoms with van der Waals surface area (Å²) in [6, 6.07) is -0.264. The summed E-state index contributed by atoms with van der Waals surface area (Å²) in [6.07, 6.45) is 3.51. The van der Waals surface area contributed by atoms with Crippen LogP contribution in [0.5, 0.6) is 0 Å². The van der Waals surface area contributed by atoms with Crippen molar-refractivity contribution in [3.05, 3.63) is 0 Å². The number of carboxylic acid groups (broad SMARTS) is 1. The molecule has 0 radical (unpaired) electrons. The van der Waals surface area contributed by atoms with Gasteiger partial charge in [-0.05, 0) is 24.7 Å². The van der Waals surface area contributed by atoms with Gasteiger partial charge in [0.1, 0.15) is 0 Å². The smallest absolute Gasteiger partial charge is 0.332 e. The summed E-state index contributed by atoms with van der Waals surface area (Å²) < 4.78 is 5.12. The number of ether oxygens (including phenoxy) is 1. The highest BCUT2D eigenvalue weighted by Crippen LogP contribution is 2.33. The van der Waals surface area contributed by atoms with Gasteiger partial charge in [0.05, 0.1) is 6.61 Å². The van der Waals surface area contributed by atoms with E-state index in [1.165, 1.54) is 0 Å². The van der Waals surface area contributed by atoms with Gasteiger partial charge in [0.15, 0.2) is 5.54 Å². The number of carbonyl (C=O) groups is 2. The molecule has 3 N–H and O–H groups in total. The monoisotopic (exact) mass is 284 g/mol. The Hall–Kier alpha value is -1.30. The average Bonchev–Trinajstić information content (AvgIpc) is 2.99. The van der Waals surface area contributed by atoms with Crippen LogP contribution in [0.15, 0.2) is 0 Å². The van der Waals surface area contributed by atoms with Gasteiger partial charge in [-0.3, -0.25) is 0 Å². The number of hydrogen-bond donors (Lipinski definition) is 3. The van der Waals surface area contributed by atoms with Crippen LogP contribution in [0.4, 0.5) is 4.79 Å². The predicted molar refractivity (Wildman–Crippen MR) is 73.4 cm³/mol. The molecule has 2 rings (SSSR count). The zero-order valence-electron chi connectivity index (χ0n) is 12.1. The van der Waals surface area contributed by atoms with Crippen molar-refractivity contribution in [1.29, 1.82) is 0 Å². The molecule has 2 aliphatic rings. The van der Waals surface area contributed by atoms with Crippen LogP contribution in [0.25, 0.3) is 0 Å². The molecule has 0 aromatic carbocycles. The van der Waals surface area contributed by atoms with Gasteiger partial charge in [0.25, 0.3) is 0 Å². The number of carboxylic acids is 1. The maximum absolute atomic E-state index is 12.1. The van der Waals surface area contributed by atoms with Gasteiger partial charge in [-0.25, -0.2) is 9.59 Å². The SMILES string of the molecule is CCC1CCC(NC(=O)NC2(C(=O)O)CCOC2)C1C. The van der Waals surface area contributed by atoms with E-state index in [9.17, 15) is 14.7 Å². The third-order valence-corrected chi connectivity index (χ3v) is 4.85. The lowest BCUT2D eigenvalue weighted by atomic mass is 9.93. The van der Waals surface area contributed by atoms with E-state index >= 15 is 0 Å². The van der Waals surface area contributed by atoms with E-state index in [2.05, 4.69) is 24.5 Å². The van der Waals surface area contributed by atoms with Crippen LogP contribution < -0.4 is 10.6 Å². The molecule has 1 aliphatic heterocycles. The van der Waals surface area contributed by atoms with Crippen LogP contribution in [0, 0.1) is 11.8 Å². The second kappa shape index (κ2) is 5.99. The molecular formula is C14H24N2O4. The molecule has 114 valence electrons. The fraction of sp³-hybridized carbons (Fsp3) is 0.857. The quantitative estimate of drug-likeness (QED) is 0.727. The average molecular weight is 284 g/mol. The molecule has 1 saturated carbocycles. The van der Waals surface area contributed by atoms with Crippen LogP contribution in [-0.4, -0.2) is 41.9 Å². The molecule has 1 heterocycles. The van der Waals surface area contributed by atoms with Crippen molar-refractivity contribution >= 4 is 12.0 Å². The molecule has 20 heavy (non-hydrogen) atoms. The molecule has 6 nitrogen and oxygen atoms in total. The van der Waals surface area contributed by atoms with Crippen LogP contribution in [0.1, 0.15) is 39.5 Å². The highest BCUT2D eigenvalue weighted by molar-refractivity contribution is 5.86. The van der Waals surface area contributed by atoms with Crippen molar-refractivity contribution in [2.75, 3.05) is 13.2 Å². The molecule has 4 unspecified atom stereocenters. The molecule has 2 fully saturated rings. The fourth-order valence-corrected chi connectivity index (χ4v) is 3.33. The van der Waals surface area contributed by atoms with Gasteiger partial charge in [0.2, 0.25) is 0 Å². The van der Waals surface area contributed by atoms with Gasteiger partial charge in [-0.2, -0.15) is 0 Å². The highest BCUT2D eigenvalue weighted by Gasteiger charge is 2.44. The summed E-state index contributed by atoms with van der Waals surface area (Å²) in [5.74, 6) is 0.0472. The molecule has 0 spiro atoms. The molecule has 4 atom stereocenters. The van der Waals surface area contributed by atoms with E-state index in [0.717, 1.165) is 19.3 Å². The summed E-state index contributed by atoms with van der Waals surface area (Å²) in [4.78, 5) is 23.4. The maximum atomic E-state index is 12.1. The fourth-order valence-electron chi connectivity index (χ4n) is 3.33. The normalized spacial score (nSPS) is 36.8. The van der Waals surface area contributed by atoms with Crippen LogP contribution in [0.3, 0.4) is 0 Å². The van der Waals surface area contributed by atoms with Gasteiger partial charge < -0.3 is 20.5 Å². The van der Waals surface area contributed by atoms with E-state index in [1.54, 1.807) is 0 Å². The Bertz CT molecular complexity index is 379. The van der Waals surface area contributed by atoms with E-state index in [0.29, 0.717) is 24.9 Å². The third kappa shape index (κ3) is 2.90. The number of urea groups is 1. The predicted octanol–water partition coefficient (Wildman–Crippen LogP) is 1.35. The number of nitrogens with one attached hydrogen (secondary N) is 2. The van der Waals surface area contributed by atoms with Crippen LogP contribution in [-0.2, 0) is 9.53 Å². The molecule has 1 saturated heterocycles. The Morgan fingerprint density at radius 2 is 2.15 bits per heavy atom. The van der Waals surface area contributed by atoms with Crippen molar-refractivity contribution < 1.29 is 19.4 Å². The lowest BCUT2D eigenvalue weighted by molar-refractivity contribution is -0.144. The standard InChI is InChI=1S/C14H24N2O4/c1-3-10-4-5-11(9(10)2)15-13(19)16-14(12(17)18)6-7-20-8-14/h9-11H,3-8H2,1-2H3,(H,17,18)(H2,15,16,19). The van der Waals surface area contributed by atoms with Crippen molar-refractivity contribution in [3.8, 4) is 0 Å². The Balaban J connectivity index is 1.91. The summed E-state index contributed by atoms with van der Waals surface area (Å²) in [6.45, 7) is 4.72. The Labute approximate surface area is 119 Å². The number of amides is 2. The number of aliphatic carboxylic acids is 1. The minimum atomic E-state index is -1.27. The first-order valence-electron chi connectivity index (χ1n) is 7.38. The summed E-state index contributed by atoms with van der Waals surface area (Å²) in [5, 5.41) is 14.8. The Morgan fingerprint density at radius 3 is 2.65 bits per heavy atom. The van der Waals surface area contributed by atoms with Crippen molar-refractivity contribution in [3.63, 3.8) is 0 Å². The van der Waals surface area contributed by atoms with E-state index in [1.807, 2.05) is 0 Å². The second-order valence-corrected chi connectivity index (χ2v) is 6.00.